The zero-order chi connectivity index (χ0) is 31.1. The summed E-state index contributed by atoms with van der Waals surface area (Å²) in [5.74, 6) is -0.180. The van der Waals surface area contributed by atoms with Crippen molar-refractivity contribution >= 4 is 56.2 Å². The maximum absolute atomic E-state index is 14.5. The number of nitrogens with zero attached hydrogens (tertiary/aromatic N) is 3. The van der Waals surface area contributed by atoms with E-state index in [2.05, 4.69) is 0 Å². The van der Waals surface area contributed by atoms with Crippen molar-refractivity contribution in [2.24, 2.45) is 0 Å². The topological polar surface area (TPSA) is 117 Å². The maximum atomic E-state index is 14.5. The number of hydrogen-bond acceptors (Lipinski definition) is 5. The number of phenolic OH excluding ortho intramolecular Hbond substituents is 1. The first kappa shape index (κ1) is 28.0. The Kier molecular flexibility index (Phi) is 6.84. The zero-order valence-electron chi connectivity index (χ0n) is 23.7. The Morgan fingerprint density at radius 1 is 0.578 bits per heavy atom. The fourth-order valence-corrected chi connectivity index (χ4v) is 10.6. The van der Waals surface area contributed by atoms with E-state index < -0.39 is 12.2 Å². The molecule has 0 unspecified atom stereocenters. The van der Waals surface area contributed by atoms with Crippen molar-refractivity contribution in [1.29, 1.82) is 0 Å². The van der Waals surface area contributed by atoms with Gasteiger partial charge in [-0.15, -0.1) is 4.73 Å². The fourth-order valence-electron chi connectivity index (χ4n) is 6.14. The van der Waals surface area contributed by atoms with Gasteiger partial charge in [-0.1, -0.05) is 66.7 Å². The Labute approximate surface area is 258 Å². The summed E-state index contributed by atoms with van der Waals surface area (Å²) in [4.78, 5) is 10.9. The van der Waals surface area contributed by atoms with Gasteiger partial charge >= 0.3 is 5.52 Å². The van der Waals surface area contributed by atoms with Crippen LogP contribution in [0.4, 0.5) is 5.69 Å². The largest absolute Gasteiger partial charge is 0.617 e. The monoisotopic (exact) mass is 610 g/mol. The first-order valence-electron chi connectivity index (χ1n) is 14.2. The number of aromatic nitrogens is 2. The third kappa shape index (κ3) is 4.34. The Bertz CT molecular complexity index is 2120. The van der Waals surface area contributed by atoms with Crippen LogP contribution in [0.3, 0.4) is 0 Å². The third-order valence-corrected chi connectivity index (χ3v) is 12.4. The lowest BCUT2D eigenvalue weighted by atomic mass is 10.0. The quantitative estimate of drug-likeness (QED) is 0.0697. The molecular formula is C36H25N3O5P+. The summed E-state index contributed by atoms with van der Waals surface area (Å²) in [6.07, 6.45) is 0. The number of para-hydroxylation sites is 2. The Balaban J connectivity index is 1.76. The number of rotatable bonds is 6. The van der Waals surface area contributed by atoms with Crippen molar-refractivity contribution in [2.75, 3.05) is 0 Å². The molecule has 0 aliphatic rings. The molecule has 0 spiro atoms. The molecule has 0 bridgehead atoms. The van der Waals surface area contributed by atoms with E-state index in [-0.39, 0.29) is 39.1 Å². The number of aromatic hydroxyl groups is 1. The zero-order valence-corrected chi connectivity index (χ0v) is 24.6. The van der Waals surface area contributed by atoms with E-state index in [1.54, 1.807) is 24.3 Å². The molecule has 0 atom stereocenters. The smallest absolute Gasteiger partial charge is 0.338 e. The van der Waals surface area contributed by atoms with E-state index in [0.29, 0.717) is 10.9 Å². The number of non-ortho nitro benzene ring substituents is 1. The third-order valence-electron chi connectivity index (χ3n) is 8.12. The van der Waals surface area contributed by atoms with Gasteiger partial charge in [-0.2, -0.15) is 4.73 Å². The standard InChI is InChI=1S/C36H24N3O5P/c40-35-30(25-20-22-26(23-21-25)39(43)44)24-33-34(38(42)32-19-11-10-18-31(32)37(33)41)36(35)45(27-12-4-1-5-13-27,28-14-6-2-7-15-28)29-16-8-3-9-17-29/h1-24H/p+1. The van der Waals surface area contributed by atoms with Crippen molar-refractivity contribution in [3.05, 3.63) is 166 Å². The second-order valence-electron chi connectivity index (χ2n) is 10.5. The Hall–Kier alpha value is -5.85. The molecule has 8 nitrogen and oxygen atoms in total. The van der Waals surface area contributed by atoms with Crippen LogP contribution in [0.15, 0.2) is 146 Å². The molecule has 0 aliphatic heterocycles. The van der Waals surface area contributed by atoms with Crippen LogP contribution in [-0.4, -0.2) is 10.0 Å². The molecule has 9 heteroatoms. The molecule has 0 saturated heterocycles. The second-order valence-corrected chi connectivity index (χ2v) is 13.9. The predicted octanol–water partition coefficient (Wildman–Crippen LogP) is 5.16. The molecule has 0 amide bonds. The minimum Gasteiger partial charge on any atom is -0.617 e. The van der Waals surface area contributed by atoms with Gasteiger partial charge < -0.3 is 15.5 Å². The molecular weight excluding hydrogens is 585 g/mol. The lowest BCUT2D eigenvalue weighted by Gasteiger charge is -2.28. The van der Waals surface area contributed by atoms with E-state index in [9.17, 15) is 25.6 Å². The highest BCUT2D eigenvalue weighted by Gasteiger charge is 2.55. The lowest BCUT2D eigenvalue weighted by Crippen LogP contribution is -2.46. The lowest BCUT2D eigenvalue weighted by molar-refractivity contribution is -0.590. The van der Waals surface area contributed by atoms with Gasteiger partial charge in [0.2, 0.25) is 5.30 Å². The molecule has 1 aromatic heterocycles. The highest BCUT2D eigenvalue weighted by atomic mass is 31.2. The van der Waals surface area contributed by atoms with Gasteiger partial charge in [0.15, 0.2) is 13.0 Å². The van der Waals surface area contributed by atoms with Gasteiger partial charge in [0, 0.05) is 35.9 Å². The van der Waals surface area contributed by atoms with E-state index in [0.717, 1.165) is 25.4 Å². The molecule has 1 N–H and O–H groups in total. The van der Waals surface area contributed by atoms with Crippen molar-refractivity contribution in [2.45, 2.75) is 0 Å². The second kappa shape index (κ2) is 11.0. The number of nitro benzene ring substituents is 1. The predicted molar refractivity (Wildman–Crippen MR) is 178 cm³/mol. The summed E-state index contributed by atoms with van der Waals surface area (Å²) < 4.78 is 1.48. The van der Waals surface area contributed by atoms with Gasteiger partial charge in [-0.3, -0.25) is 10.1 Å². The normalized spacial score (nSPS) is 11.6. The Morgan fingerprint density at radius 2 is 1.02 bits per heavy atom. The van der Waals surface area contributed by atoms with E-state index in [1.807, 2.05) is 91.0 Å². The number of nitro groups is 1. The molecule has 0 radical (unpaired) electrons. The molecule has 0 fully saturated rings. The molecule has 6 aromatic carbocycles. The number of hydrogen-bond donors (Lipinski definition) is 1. The molecule has 0 aliphatic carbocycles. The first-order valence-corrected chi connectivity index (χ1v) is 16.0. The number of benzene rings is 6. The maximum Gasteiger partial charge on any atom is 0.338 e. The average Bonchev–Trinajstić information content (AvgIpc) is 3.09. The average molecular weight is 611 g/mol. The summed E-state index contributed by atoms with van der Waals surface area (Å²) in [7, 11) is -3.12. The van der Waals surface area contributed by atoms with Crippen molar-refractivity contribution in [1.82, 2.24) is 0 Å². The van der Waals surface area contributed by atoms with Crippen LogP contribution in [0.1, 0.15) is 0 Å². The summed E-state index contributed by atoms with van der Waals surface area (Å²) >= 11 is 0. The Morgan fingerprint density at radius 3 is 1.49 bits per heavy atom. The van der Waals surface area contributed by atoms with E-state index in [4.69, 9.17) is 0 Å². The molecule has 0 saturated carbocycles. The van der Waals surface area contributed by atoms with Crippen LogP contribution in [0.5, 0.6) is 5.75 Å². The minimum atomic E-state index is -3.12. The number of fused-ring (bicyclic) bond motifs is 2. The van der Waals surface area contributed by atoms with E-state index in [1.165, 1.54) is 30.3 Å². The van der Waals surface area contributed by atoms with Crippen LogP contribution in [0.25, 0.3) is 33.2 Å². The van der Waals surface area contributed by atoms with Gasteiger partial charge in [-0.25, -0.2) is 0 Å². The summed E-state index contributed by atoms with van der Waals surface area (Å²) in [5, 5.41) is 55.6. The summed E-state index contributed by atoms with van der Waals surface area (Å²) in [6.45, 7) is 0. The molecule has 218 valence electrons. The van der Waals surface area contributed by atoms with E-state index >= 15 is 0 Å². The van der Waals surface area contributed by atoms with Crippen LogP contribution in [-0.2, 0) is 0 Å². The molecule has 7 aromatic rings. The van der Waals surface area contributed by atoms with Crippen LogP contribution in [0.2, 0.25) is 0 Å². The van der Waals surface area contributed by atoms with Gasteiger partial charge in [0.05, 0.1) is 4.92 Å². The molecule has 7 rings (SSSR count). The SMILES string of the molecule is O=[N+]([O-])c1ccc(-c2cc3c(c([P+](c4ccccc4)(c4ccccc4)c4ccccc4)c2O)[n+]([O-])c2ccccc2[n+]3[O-])cc1. The van der Waals surface area contributed by atoms with Crippen LogP contribution >= 0.6 is 7.26 Å². The number of phenols is 1. The molecule has 1 heterocycles. The highest BCUT2D eigenvalue weighted by Crippen LogP contribution is 2.58. The van der Waals surface area contributed by atoms with Gasteiger partial charge in [0.25, 0.3) is 22.2 Å². The molecule has 45 heavy (non-hydrogen) atoms. The van der Waals surface area contributed by atoms with Crippen molar-refractivity contribution in [3.63, 3.8) is 0 Å². The summed E-state index contributed by atoms with van der Waals surface area (Å²) in [5.41, 5.74) is 1.08. The first-order chi connectivity index (χ1) is 21.9. The van der Waals surface area contributed by atoms with Gasteiger partial charge in [-0.05, 0) is 54.1 Å². The van der Waals surface area contributed by atoms with Gasteiger partial charge in [0.1, 0.15) is 15.9 Å². The van der Waals surface area contributed by atoms with Crippen LogP contribution in [0, 0.1) is 20.5 Å². The fraction of sp³-hybridized carbons (Fsp3) is 0. The minimum absolute atomic E-state index is 0.0526. The summed E-state index contributed by atoms with van der Waals surface area (Å²) in [6, 6.07) is 43.0. The van der Waals surface area contributed by atoms with Crippen LogP contribution < -0.4 is 30.7 Å². The van der Waals surface area contributed by atoms with Crippen molar-refractivity contribution in [3.8, 4) is 16.9 Å². The highest BCUT2D eigenvalue weighted by molar-refractivity contribution is 8.02. The van der Waals surface area contributed by atoms with Crippen molar-refractivity contribution < 1.29 is 19.5 Å².